The number of benzene rings is 3. The summed E-state index contributed by atoms with van der Waals surface area (Å²) in [5.41, 5.74) is 1.64. The topological polar surface area (TPSA) is 95.5 Å². The van der Waals surface area contributed by atoms with E-state index in [9.17, 15) is 18.3 Å². The second-order valence-electron chi connectivity index (χ2n) is 6.71. The summed E-state index contributed by atoms with van der Waals surface area (Å²) in [7, 11) is -4.06. The molecule has 0 amide bonds. The third kappa shape index (κ3) is 3.30. The van der Waals surface area contributed by atoms with Crippen LogP contribution in [0.1, 0.15) is 16.8 Å². The molecule has 0 saturated heterocycles. The second-order valence-corrected chi connectivity index (χ2v) is 8.28. The Morgan fingerprint density at radius 1 is 0.893 bits per heavy atom. The van der Waals surface area contributed by atoms with Crippen LogP contribution < -0.4 is 4.57 Å². The predicted octanol–water partition coefficient (Wildman–Crippen LogP) is 3.41. The average molecular weight is 396 g/mol. The highest BCUT2D eigenvalue weighted by atomic mass is 32.2. The Labute approximate surface area is 161 Å². The molecule has 3 aromatic carbocycles. The molecule has 6 nitrogen and oxygen atoms in total. The van der Waals surface area contributed by atoms with Gasteiger partial charge in [-0.1, -0.05) is 36.4 Å². The molecule has 0 aliphatic heterocycles. The first-order valence-corrected chi connectivity index (χ1v) is 10.4. The van der Waals surface area contributed by atoms with Crippen LogP contribution >= 0.6 is 0 Å². The van der Waals surface area contributed by atoms with Gasteiger partial charge in [0.25, 0.3) is 10.1 Å². The minimum absolute atomic E-state index is 0.210. The molecule has 4 rings (SSSR count). The molecule has 142 valence electrons. The van der Waals surface area contributed by atoms with E-state index in [1.807, 2.05) is 53.1 Å². The van der Waals surface area contributed by atoms with Crippen LogP contribution in [0.25, 0.3) is 32.6 Å². The molecule has 1 aromatic heterocycles. The zero-order valence-electron chi connectivity index (χ0n) is 14.9. The number of pyridine rings is 1. The summed E-state index contributed by atoms with van der Waals surface area (Å²) in [5, 5.41) is 13.0. The predicted molar refractivity (Wildman–Crippen MR) is 107 cm³/mol. The lowest BCUT2D eigenvalue weighted by Gasteiger charge is -2.11. The van der Waals surface area contributed by atoms with Gasteiger partial charge in [-0.2, -0.15) is 13.0 Å². The van der Waals surface area contributed by atoms with E-state index in [0.29, 0.717) is 28.4 Å². The summed E-state index contributed by atoms with van der Waals surface area (Å²) < 4.78 is 33.3. The van der Waals surface area contributed by atoms with Crippen LogP contribution in [0.4, 0.5) is 0 Å². The molecule has 0 aliphatic carbocycles. The number of fused-ring (bicyclic) bond motifs is 3. The molecule has 1 heterocycles. The summed E-state index contributed by atoms with van der Waals surface area (Å²) in [6, 6.07) is 18.7. The minimum Gasteiger partial charge on any atom is -0.478 e. The van der Waals surface area contributed by atoms with Crippen molar-refractivity contribution in [2.24, 2.45) is 0 Å². The molecular weight excluding hydrogens is 378 g/mol. The van der Waals surface area contributed by atoms with E-state index in [2.05, 4.69) is 0 Å². The Kier molecular flexibility index (Phi) is 4.49. The fraction of sp³-hybridized carbons (Fsp3) is 0.143. The molecule has 2 N–H and O–H groups in total. The lowest BCUT2D eigenvalue weighted by atomic mass is 9.98. The van der Waals surface area contributed by atoms with Gasteiger partial charge in [0.1, 0.15) is 0 Å². The maximum absolute atomic E-state index is 12.1. The van der Waals surface area contributed by atoms with Crippen LogP contribution in [0.15, 0.2) is 60.7 Å². The van der Waals surface area contributed by atoms with Gasteiger partial charge in [-0.3, -0.25) is 4.55 Å². The number of nitrogens with zero attached hydrogens (tertiary/aromatic N) is 1. The monoisotopic (exact) mass is 396 g/mol. The molecule has 4 aromatic rings. The van der Waals surface area contributed by atoms with Crippen molar-refractivity contribution in [2.45, 2.75) is 13.0 Å². The van der Waals surface area contributed by atoms with Crippen molar-refractivity contribution in [1.82, 2.24) is 0 Å². The van der Waals surface area contributed by atoms with Crippen molar-refractivity contribution in [3.8, 4) is 0 Å². The molecule has 0 atom stereocenters. The van der Waals surface area contributed by atoms with Gasteiger partial charge < -0.3 is 5.11 Å². The number of hydrogen-bond acceptors (Lipinski definition) is 3. The number of aromatic nitrogens is 1. The molecule has 0 aliphatic rings. The van der Waals surface area contributed by atoms with Crippen molar-refractivity contribution >= 4 is 48.7 Å². The molecule has 0 spiro atoms. The summed E-state index contributed by atoms with van der Waals surface area (Å²) in [4.78, 5) is 12.1. The van der Waals surface area contributed by atoms with Crippen molar-refractivity contribution in [3.05, 3.63) is 66.2 Å². The first-order valence-electron chi connectivity index (χ1n) is 8.81. The van der Waals surface area contributed by atoms with Crippen molar-refractivity contribution in [3.63, 3.8) is 0 Å². The van der Waals surface area contributed by atoms with Crippen LogP contribution in [0, 0.1) is 0 Å². The summed E-state index contributed by atoms with van der Waals surface area (Å²) >= 11 is 0. The van der Waals surface area contributed by atoms with E-state index in [4.69, 9.17) is 4.55 Å². The van der Waals surface area contributed by atoms with Gasteiger partial charge in [0, 0.05) is 18.6 Å². The van der Waals surface area contributed by atoms with Gasteiger partial charge in [0.05, 0.1) is 22.1 Å². The van der Waals surface area contributed by atoms with E-state index >= 15 is 0 Å². The van der Waals surface area contributed by atoms with Crippen molar-refractivity contribution < 1.29 is 27.4 Å². The normalized spacial score (nSPS) is 12.0. The molecular formula is C21H18NO5S+. The van der Waals surface area contributed by atoms with Crippen LogP contribution in [-0.4, -0.2) is 29.8 Å². The Bertz CT molecular complexity index is 1350. The molecule has 0 radical (unpaired) electrons. The molecule has 0 bridgehead atoms. The number of rotatable bonds is 5. The zero-order valence-corrected chi connectivity index (χ0v) is 15.7. The van der Waals surface area contributed by atoms with Gasteiger partial charge in [0.15, 0.2) is 6.54 Å². The second kappa shape index (κ2) is 6.85. The number of carboxylic acids is 1. The molecule has 0 unspecified atom stereocenters. The number of para-hydroxylation sites is 1. The smallest absolute Gasteiger partial charge is 0.337 e. The van der Waals surface area contributed by atoms with Gasteiger partial charge in [-0.05, 0) is 22.9 Å². The number of carboxylic acid groups (broad SMARTS) is 1. The summed E-state index contributed by atoms with van der Waals surface area (Å²) in [6.45, 7) is 0.328. The largest absolute Gasteiger partial charge is 0.478 e. The van der Waals surface area contributed by atoms with E-state index in [1.54, 1.807) is 12.1 Å². The standard InChI is InChI=1S/C21H17NO5S/c23-21(24)20-16-8-3-4-9-18(16)22(10-5-11-28(25,26)27)19-13-15-7-2-1-6-14(15)12-17(19)20/h1-4,6-9,12-13H,5,10-11H2,(H-,23,24,25,26,27)/p+1. The van der Waals surface area contributed by atoms with E-state index in [-0.39, 0.29) is 17.7 Å². The number of aromatic carboxylic acids is 1. The number of aryl methyl sites for hydroxylation is 1. The van der Waals surface area contributed by atoms with Crippen LogP contribution in [0.3, 0.4) is 0 Å². The Hall–Kier alpha value is -3.03. The lowest BCUT2D eigenvalue weighted by Crippen LogP contribution is -2.37. The summed E-state index contributed by atoms with van der Waals surface area (Å²) in [5.74, 6) is -1.37. The first kappa shape index (κ1) is 18.3. The van der Waals surface area contributed by atoms with Gasteiger partial charge in [0.2, 0.25) is 11.0 Å². The fourth-order valence-electron chi connectivity index (χ4n) is 3.72. The maximum atomic E-state index is 12.1. The average Bonchev–Trinajstić information content (AvgIpc) is 2.65. The third-order valence-corrected chi connectivity index (χ3v) is 5.69. The van der Waals surface area contributed by atoms with Crippen LogP contribution in [0.5, 0.6) is 0 Å². The quantitative estimate of drug-likeness (QED) is 0.306. The maximum Gasteiger partial charge on any atom is 0.337 e. The van der Waals surface area contributed by atoms with Gasteiger partial charge in [-0.15, -0.1) is 0 Å². The number of hydrogen-bond donors (Lipinski definition) is 2. The summed E-state index contributed by atoms with van der Waals surface area (Å²) in [6.07, 6.45) is 0.210. The van der Waals surface area contributed by atoms with Crippen LogP contribution in [0.2, 0.25) is 0 Å². The van der Waals surface area contributed by atoms with Gasteiger partial charge >= 0.3 is 5.97 Å². The highest BCUT2D eigenvalue weighted by Gasteiger charge is 2.24. The number of carbonyl (C=O) groups is 1. The molecule has 0 fully saturated rings. The zero-order chi connectivity index (χ0) is 19.9. The Morgan fingerprint density at radius 2 is 1.54 bits per heavy atom. The molecule has 28 heavy (non-hydrogen) atoms. The van der Waals surface area contributed by atoms with Crippen molar-refractivity contribution in [2.75, 3.05) is 5.75 Å². The third-order valence-electron chi connectivity index (χ3n) is 4.89. The van der Waals surface area contributed by atoms with Crippen LogP contribution in [-0.2, 0) is 16.7 Å². The van der Waals surface area contributed by atoms with Crippen molar-refractivity contribution in [1.29, 1.82) is 0 Å². The fourth-order valence-corrected chi connectivity index (χ4v) is 4.22. The van der Waals surface area contributed by atoms with E-state index in [0.717, 1.165) is 10.8 Å². The highest BCUT2D eigenvalue weighted by Crippen LogP contribution is 2.29. The first-order chi connectivity index (χ1) is 13.3. The SMILES string of the molecule is O=C(O)c1c2ccccc2[n+](CCCS(=O)(=O)O)c2cc3ccccc3cc12. The highest BCUT2D eigenvalue weighted by molar-refractivity contribution is 7.85. The Balaban J connectivity index is 2.07. The van der Waals surface area contributed by atoms with Gasteiger partial charge in [-0.25, -0.2) is 4.79 Å². The van der Waals surface area contributed by atoms with E-state index < -0.39 is 16.1 Å². The van der Waals surface area contributed by atoms with E-state index in [1.165, 1.54) is 0 Å². The lowest BCUT2D eigenvalue weighted by molar-refractivity contribution is -0.645. The Morgan fingerprint density at radius 3 is 2.21 bits per heavy atom. The molecule has 7 heteroatoms. The molecule has 0 saturated carbocycles. The minimum atomic E-state index is -4.06.